The van der Waals surface area contributed by atoms with Gasteiger partial charge in [0, 0.05) is 37.6 Å². The summed E-state index contributed by atoms with van der Waals surface area (Å²) in [5.41, 5.74) is 1.15. The number of carboxylic acids is 1. The third kappa shape index (κ3) is 4.13. The highest BCUT2D eigenvalue weighted by atomic mass is 32.1. The van der Waals surface area contributed by atoms with Crippen LogP contribution in [0.25, 0.3) is 0 Å². The minimum absolute atomic E-state index is 0.0209. The van der Waals surface area contributed by atoms with Crippen LogP contribution in [0.3, 0.4) is 0 Å². The van der Waals surface area contributed by atoms with Crippen LogP contribution in [-0.4, -0.2) is 53.0 Å². The molecule has 0 radical (unpaired) electrons. The molecule has 6 heteroatoms. The highest BCUT2D eigenvalue weighted by Gasteiger charge is 2.43. The number of hydrogen-bond acceptors (Lipinski definition) is 4. The summed E-state index contributed by atoms with van der Waals surface area (Å²) in [6, 6.07) is 14.3. The monoisotopic (exact) mass is 398 g/mol. The molecule has 28 heavy (non-hydrogen) atoms. The highest BCUT2D eigenvalue weighted by Crippen LogP contribution is 2.33. The number of carboxylic acid groups (broad SMARTS) is 1. The number of likely N-dealkylation sites (tertiary alicyclic amines) is 2. The summed E-state index contributed by atoms with van der Waals surface area (Å²) in [5, 5.41) is 11.8. The molecule has 148 valence electrons. The van der Waals surface area contributed by atoms with Crippen LogP contribution in [0, 0.1) is 11.8 Å². The number of carbonyl (C=O) groups is 2. The third-order valence-corrected chi connectivity index (χ3v) is 7.07. The van der Waals surface area contributed by atoms with Crippen molar-refractivity contribution in [1.82, 2.24) is 9.80 Å². The molecule has 0 spiro atoms. The number of aliphatic carboxylic acids is 1. The summed E-state index contributed by atoms with van der Waals surface area (Å²) < 4.78 is 0. The predicted octanol–water partition coefficient (Wildman–Crippen LogP) is 3.29. The van der Waals surface area contributed by atoms with Crippen molar-refractivity contribution in [3.05, 3.63) is 58.3 Å². The zero-order valence-electron chi connectivity index (χ0n) is 15.9. The van der Waals surface area contributed by atoms with Crippen LogP contribution in [-0.2, 0) is 16.1 Å². The first kappa shape index (κ1) is 19.2. The van der Waals surface area contributed by atoms with Gasteiger partial charge in [0.25, 0.3) is 0 Å². The van der Waals surface area contributed by atoms with Crippen molar-refractivity contribution in [2.24, 2.45) is 11.8 Å². The number of rotatable bonds is 5. The van der Waals surface area contributed by atoms with Gasteiger partial charge in [-0.2, -0.15) is 0 Å². The van der Waals surface area contributed by atoms with Crippen LogP contribution in [0.2, 0.25) is 0 Å². The largest absolute Gasteiger partial charge is 0.481 e. The molecule has 1 aromatic heterocycles. The predicted molar refractivity (Wildman–Crippen MR) is 109 cm³/mol. The van der Waals surface area contributed by atoms with Gasteiger partial charge < -0.3 is 10.0 Å². The van der Waals surface area contributed by atoms with Gasteiger partial charge in [-0.25, -0.2) is 0 Å². The maximum absolute atomic E-state index is 13.1. The molecule has 0 bridgehead atoms. The van der Waals surface area contributed by atoms with Gasteiger partial charge in [0.2, 0.25) is 5.91 Å². The van der Waals surface area contributed by atoms with Gasteiger partial charge in [-0.15, -0.1) is 11.3 Å². The summed E-state index contributed by atoms with van der Waals surface area (Å²) in [7, 11) is 0. The molecule has 2 aliphatic rings. The fraction of sp³-hybridized carbons (Fsp3) is 0.455. The fourth-order valence-corrected chi connectivity index (χ4v) is 5.40. The number of piperidine rings is 1. The molecule has 3 heterocycles. The standard InChI is InChI=1S/C22H26N2O3S/c25-21(24-10-8-17(9-11-24)20-7-4-12-28-20)18-14-23(15-19(18)22(26)27)13-16-5-2-1-3-6-16/h1-7,12,17-19H,8-11,13-15H2,(H,26,27). The van der Waals surface area contributed by atoms with Crippen molar-refractivity contribution in [1.29, 1.82) is 0 Å². The molecule has 2 unspecified atom stereocenters. The van der Waals surface area contributed by atoms with Crippen molar-refractivity contribution in [2.45, 2.75) is 25.3 Å². The quantitative estimate of drug-likeness (QED) is 0.840. The van der Waals surface area contributed by atoms with Crippen LogP contribution in [0.1, 0.15) is 29.2 Å². The molecular formula is C22H26N2O3S. The molecule has 1 N–H and O–H groups in total. The Hall–Kier alpha value is -2.18. The first-order chi connectivity index (χ1) is 13.6. The van der Waals surface area contributed by atoms with E-state index >= 15 is 0 Å². The van der Waals surface area contributed by atoms with Crippen LogP contribution >= 0.6 is 11.3 Å². The minimum atomic E-state index is -0.859. The second kappa shape index (κ2) is 8.45. The van der Waals surface area contributed by atoms with E-state index in [1.165, 1.54) is 4.88 Å². The fourth-order valence-electron chi connectivity index (χ4n) is 4.50. The molecule has 0 saturated carbocycles. The number of benzene rings is 1. The Morgan fingerprint density at radius 2 is 1.71 bits per heavy atom. The lowest BCUT2D eigenvalue weighted by atomic mass is 9.91. The second-order valence-electron chi connectivity index (χ2n) is 7.85. The first-order valence-electron chi connectivity index (χ1n) is 9.93. The Morgan fingerprint density at radius 1 is 1.00 bits per heavy atom. The smallest absolute Gasteiger partial charge is 0.308 e. The van der Waals surface area contributed by atoms with Crippen molar-refractivity contribution < 1.29 is 14.7 Å². The molecule has 2 fully saturated rings. The van der Waals surface area contributed by atoms with Gasteiger partial charge in [0.15, 0.2) is 0 Å². The van der Waals surface area contributed by atoms with Crippen molar-refractivity contribution in [3.8, 4) is 0 Å². The molecule has 2 aromatic rings. The molecule has 1 amide bonds. The zero-order valence-corrected chi connectivity index (χ0v) is 16.7. The van der Waals surface area contributed by atoms with Crippen LogP contribution < -0.4 is 0 Å². The first-order valence-corrected chi connectivity index (χ1v) is 10.8. The number of carbonyl (C=O) groups excluding carboxylic acids is 1. The molecule has 2 aliphatic heterocycles. The summed E-state index contributed by atoms with van der Waals surface area (Å²) in [5.74, 6) is -1.38. The molecule has 4 rings (SSSR count). The lowest BCUT2D eigenvalue weighted by Gasteiger charge is -2.34. The van der Waals surface area contributed by atoms with E-state index in [0.717, 1.165) is 31.5 Å². The average molecular weight is 399 g/mol. The van der Waals surface area contributed by atoms with E-state index < -0.39 is 17.8 Å². The van der Waals surface area contributed by atoms with Crippen LogP contribution in [0.15, 0.2) is 47.8 Å². The molecular weight excluding hydrogens is 372 g/mol. The summed E-state index contributed by atoms with van der Waals surface area (Å²) >= 11 is 1.78. The Labute approximate surface area is 169 Å². The SMILES string of the molecule is O=C(O)C1CN(Cc2ccccc2)CC1C(=O)N1CCC(c2cccs2)CC1. The Kier molecular flexibility index (Phi) is 5.78. The Bertz CT molecular complexity index is 800. The Morgan fingerprint density at radius 3 is 2.36 bits per heavy atom. The summed E-state index contributed by atoms with van der Waals surface area (Å²) in [6.07, 6.45) is 1.93. The van der Waals surface area contributed by atoms with Gasteiger partial charge in [0.05, 0.1) is 11.8 Å². The van der Waals surface area contributed by atoms with Gasteiger partial charge >= 0.3 is 5.97 Å². The Balaban J connectivity index is 1.39. The maximum atomic E-state index is 13.1. The summed E-state index contributed by atoms with van der Waals surface area (Å²) in [4.78, 5) is 30.4. The van der Waals surface area contributed by atoms with Crippen molar-refractivity contribution >= 4 is 23.2 Å². The van der Waals surface area contributed by atoms with E-state index in [1.807, 2.05) is 35.2 Å². The lowest BCUT2D eigenvalue weighted by Crippen LogP contribution is -2.44. The van der Waals surface area contributed by atoms with Crippen LogP contribution in [0.5, 0.6) is 0 Å². The topological polar surface area (TPSA) is 60.9 Å². The van der Waals surface area contributed by atoms with E-state index in [4.69, 9.17) is 0 Å². The molecule has 0 aliphatic carbocycles. The van der Waals surface area contributed by atoms with Crippen molar-refractivity contribution in [3.63, 3.8) is 0 Å². The average Bonchev–Trinajstić information content (AvgIpc) is 3.39. The van der Waals surface area contributed by atoms with Crippen LogP contribution in [0.4, 0.5) is 0 Å². The van der Waals surface area contributed by atoms with E-state index in [9.17, 15) is 14.7 Å². The molecule has 1 aromatic carbocycles. The lowest BCUT2D eigenvalue weighted by molar-refractivity contribution is -0.148. The zero-order chi connectivity index (χ0) is 19.5. The number of hydrogen-bond donors (Lipinski definition) is 1. The van der Waals surface area contributed by atoms with E-state index in [-0.39, 0.29) is 5.91 Å². The number of nitrogens with zero attached hydrogens (tertiary/aromatic N) is 2. The van der Waals surface area contributed by atoms with Gasteiger partial charge in [-0.1, -0.05) is 36.4 Å². The third-order valence-electron chi connectivity index (χ3n) is 6.03. The maximum Gasteiger partial charge on any atom is 0.308 e. The molecule has 2 atom stereocenters. The normalized spacial score (nSPS) is 23.8. The second-order valence-corrected chi connectivity index (χ2v) is 8.83. The number of amides is 1. The molecule has 2 saturated heterocycles. The van der Waals surface area contributed by atoms with E-state index in [0.29, 0.717) is 25.6 Å². The van der Waals surface area contributed by atoms with E-state index in [1.54, 1.807) is 11.3 Å². The summed E-state index contributed by atoms with van der Waals surface area (Å²) in [6.45, 7) is 3.10. The highest BCUT2D eigenvalue weighted by molar-refractivity contribution is 7.10. The minimum Gasteiger partial charge on any atom is -0.481 e. The van der Waals surface area contributed by atoms with Gasteiger partial charge in [-0.3, -0.25) is 14.5 Å². The van der Waals surface area contributed by atoms with Crippen molar-refractivity contribution in [2.75, 3.05) is 26.2 Å². The number of thiophene rings is 1. The molecule has 5 nitrogen and oxygen atoms in total. The van der Waals surface area contributed by atoms with E-state index in [2.05, 4.69) is 22.4 Å². The van der Waals surface area contributed by atoms with Gasteiger partial charge in [0.1, 0.15) is 0 Å². The van der Waals surface area contributed by atoms with Gasteiger partial charge in [-0.05, 0) is 35.8 Å².